The van der Waals surface area contributed by atoms with Crippen LogP contribution in [0.2, 0.25) is 0 Å². The number of alkyl halides is 3. The Hall–Kier alpha value is -1.49. The van der Waals surface area contributed by atoms with E-state index in [2.05, 4.69) is 19.6 Å². The molecule has 1 spiro atoms. The van der Waals surface area contributed by atoms with Crippen LogP contribution in [0.25, 0.3) is 10.7 Å². The Kier molecular flexibility index (Phi) is 4.33. The van der Waals surface area contributed by atoms with Gasteiger partial charge in [-0.05, 0) is 43.9 Å². The molecular formula is C16H19F3N4O2S. The van der Waals surface area contributed by atoms with Crippen molar-refractivity contribution in [1.82, 2.24) is 19.9 Å². The van der Waals surface area contributed by atoms with E-state index in [0.717, 1.165) is 24.4 Å². The highest BCUT2D eigenvalue weighted by Gasteiger charge is 2.49. The van der Waals surface area contributed by atoms with Gasteiger partial charge in [0.15, 0.2) is 6.35 Å². The summed E-state index contributed by atoms with van der Waals surface area (Å²) in [6.07, 6.45) is -1.68. The minimum atomic E-state index is -4.65. The molecule has 142 valence electrons. The molecule has 1 saturated carbocycles. The smallest absolute Gasteiger partial charge is 0.365 e. The van der Waals surface area contributed by atoms with Gasteiger partial charge in [0.2, 0.25) is 5.82 Å². The van der Waals surface area contributed by atoms with E-state index >= 15 is 0 Å². The fourth-order valence-electron chi connectivity index (χ4n) is 3.38. The number of nitrogens with zero attached hydrogens (tertiary/aromatic N) is 4. The fourth-order valence-corrected chi connectivity index (χ4v) is 4.38. The van der Waals surface area contributed by atoms with E-state index in [1.54, 1.807) is 12.1 Å². The number of aliphatic hydroxyl groups is 1. The van der Waals surface area contributed by atoms with Crippen molar-refractivity contribution in [3.63, 3.8) is 0 Å². The average Bonchev–Trinajstić information content (AvgIpc) is 3.01. The maximum absolute atomic E-state index is 12.6. The fraction of sp³-hybridized carbons (Fsp3) is 0.625. The van der Waals surface area contributed by atoms with Crippen LogP contribution in [0.1, 0.15) is 30.0 Å². The Balaban J connectivity index is 1.39. The minimum absolute atomic E-state index is 0.0769. The molecule has 3 heterocycles. The molecule has 1 atom stereocenters. The predicted molar refractivity (Wildman–Crippen MR) is 87.9 cm³/mol. The van der Waals surface area contributed by atoms with Gasteiger partial charge in [-0.2, -0.15) is 18.2 Å². The Morgan fingerprint density at radius 1 is 1.38 bits per heavy atom. The highest BCUT2D eigenvalue weighted by molar-refractivity contribution is 7.15. The highest BCUT2D eigenvalue weighted by atomic mass is 32.1. The highest BCUT2D eigenvalue weighted by Crippen LogP contribution is 2.53. The number of hydrogen-bond acceptors (Lipinski definition) is 7. The van der Waals surface area contributed by atoms with Crippen LogP contribution in [-0.2, 0) is 12.7 Å². The molecule has 0 bridgehead atoms. The predicted octanol–water partition coefficient (Wildman–Crippen LogP) is 3.01. The lowest BCUT2D eigenvalue weighted by atomic mass is 10.1. The first-order chi connectivity index (χ1) is 12.3. The molecule has 4 rings (SSSR count). The molecule has 26 heavy (non-hydrogen) atoms. The maximum atomic E-state index is 12.6. The second kappa shape index (κ2) is 6.29. The molecule has 10 heteroatoms. The van der Waals surface area contributed by atoms with Gasteiger partial charge in [-0.25, -0.2) is 0 Å². The summed E-state index contributed by atoms with van der Waals surface area (Å²) in [5.41, 5.74) is 0.437. The lowest BCUT2D eigenvalue weighted by Gasteiger charge is -2.30. The summed E-state index contributed by atoms with van der Waals surface area (Å²) >= 11 is 1.29. The maximum Gasteiger partial charge on any atom is 0.471 e. The van der Waals surface area contributed by atoms with Crippen molar-refractivity contribution in [1.29, 1.82) is 0 Å². The Bertz CT molecular complexity index is 787. The first kappa shape index (κ1) is 17.9. The summed E-state index contributed by atoms with van der Waals surface area (Å²) in [5.74, 6) is -1.43. The summed E-state index contributed by atoms with van der Waals surface area (Å²) in [6, 6.07) is 3.47. The van der Waals surface area contributed by atoms with Gasteiger partial charge < -0.3 is 9.63 Å². The quantitative estimate of drug-likeness (QED) is 0.795. The molecule has 2 aliphatic rings. The van der Waals surface area contributed by atoms with E-state index in [1.807, 2.05) is 11.9 Å². The average molecular weight is 388 g/mol. The summed E-state index contributed by atoms with van der Waals surface area (Å²) in [7, 11) is 1.83. The van der Waals surface area contributed by atoms with E-state index in [1.165, 1.54) is 24.2 Å². The van der Waals surface area contributed by atoms with E-state index in [0.29, 0.717) is 16.8 Å². The molecule has 0 amide bonds. The van der Waals surface area contributed by atoms with Gasteiger partial charge >= 0.3 is 12.1 Å². The largest absolute Gasteiger partial charge is 0.471 e. The molecule has 2 aromatic rings. The summed E-state index contributed by atoms with van der Waals surface area (Å²) in [4.78, 5) is 8.71. The Morgan fingerprint density at radius 2 is 2.15 bits per heavy atom. The monoisotopic (exact) mass is 388 g/mol. The second-order valence-electron chi connectivity index (χ2n) is 7.17. The molecule has 1 aliphatic heterocycles. The molecule has 2 fully saturated rings. The summed E-state index contributed by atoms with van der Waals surface area (Å²) in [6.45, 7) is 2.31. The summed E-state index contributed by atoms with van der Waals surface area (Å²) in [5, 5.41) is 13.9. The zero-order valence-corrected chi connectivity index (χ0v) is 15.0. The van der Waals surface area contributed by atoms with Crippen LogP contribution in [0.4, 0.5) is 13.2 Å². The van der Waals surface area contributed by atoms with Crippen LogP contribution in [0, 0.1) is 5.41 Å². The molecule has 2 aromatic heterocycles. The van der Waals surface area contributed by atoms with Gasteiger partial charge in [-0.3, -0.25) is 9.80 Å². The van der Waals surface area contributed by atoms with Crippen molar-refractivity contribution in [2.45, 2.75) is 38.3 Å². The van der Waals surface area contributed by atoms with E-state index in [-0.39, 0.29) is 5.82 Å². The van der Waals surface area contributed by atoms with Crippen LogP contribution >= 0.6 is 11.3 Å². The van der Waals surface area contributed by atoms with Gasteiger partial charge in [0.25, 0.3) is 0 Å². The van der Waals surface area contributed by atoms with Crippen molar-refractivity contribution in [2.24, 2.45) is 5.41 Å². The van der Waals surface area contributed by atoms with Crippen molar-refractivity contribution >= 4 is 11.3 Å². The normalized spacial score (nSPS) is 21.0. The SMILES string of the molecule is CN(Cc1ccc(-c2noc(C(F)(F)F)n2)s1)C(O)N1CCC2(CC2)C1. The van der Waals surface area contributed by atoms with Crippen molar-refractivity contribution in [2.75, 3.05) is 20.1 Å². The van der Waals surface area contributed by atoms with E-state index < -0.39 is 18.4 Å². The third kappa shape index (κ3) is 3.51. The first-order valence-corrected chi connectivity index (χ1v) is 9.20. The van der Waals surface area contributed by atoms with Crippen molar-refractivity contribution in [3.05, 3.63) is 22.9 Å². The van der Waals surface area contributed by atoms with Crippen LogP contribution < -0.4 is 0 Å². The first-order valence-electron chi connectivity index (χ1n) is 8.38. The molecule has 6 nitrogen and oxygen atoms in total. The molecular weight excluding hydrogens is 369 g/mol. The van der Waals surface area contributed by atoms with Gasteiger partial charge in [0, 0.05) is 24.5 Å². The number of halogens is 3. The molecule has 1 N–H and O–H groups in total. The number of likely N-dealkylation sites (tertiary alicyclic amines) is 1. The zero-order chi connectivity index (χ0) is 18.5. The zero-order valence-electron chi connectivity index (χ0n) is 14.2. The van der Waals surface area contributed by atoms with Crippen molar-refractivity contribution < 1.29 is 22.8 Å². The van der Waals surface area contributed by atoms with Crippen LogP contribution in [0.3, 0.4) is 0 Å². The minimum Gasteiger partial charge on any atom is -0.365 e. The van der Waals surface area contributed by atoms with Gasteiger partial charge in [0.05, 0.1) is 4.88 Å². The van der Waals surface area contributed by atoms with Gasteiger partial charge in [-0.15, -0.1) is 11.3 Å². The third-order valence-corrected chi connectivity index (χ3v) is 6.17. The number of aliphatic hydroxyl groups excluding tert-OH is 1. The molecule has 0 radical (unpaired) electrons. The Labute approximate surface area is 152 Å². The number of aromatic nitrogens is 2. The molecule has 1 saturated heterocycles. The third-order valence-electron chi connectivity index (χ3n) is 5.10. The Morgan fingerprint density at radius 3 is 2.77 bits per heavy atom. The van der Waals surface area contributed by atoms with Crippen molar-refractivity contribution in [3.8, 4) is 10.7 Å². The van der Waals surface area contributed by atoms with Gasteiger partial charge in [-0.1, -0.05) is 5.16 Å². The van der Waals surface area contributed by atoms with E-state index in [9.17, 15) is 18.3 Å². The van der Waals surface area contributed by atoms with E-state index in [4.69, 9.17) is 0 Å². The van der Waals surface area contributed by atoms with Crippen LogP contribution in [0.15, 0.2) is 16.7 Å². The molecule has 1 aliphatic carbocycles. The second-order valence-corrected chi connectivity index (χ2v) is 8.34. The lowest BCUT2D eigenvalue weighted by molar-refractivity contribution is -0.159. The lowest BCUT2D eigenvalue weighted by Crippen LogP contribution is -2.45. The standard InChI is InChI=1S/C16H19F3N4O2S/c1-22(14(24)23-7-6-15(9-23)4-5-15)8-10-2-3-11(26-10)12-20-13(25-21-12)16(17,18)19/h2-3,14,24H,4-9H2,1H3. The summed E-state index contributed by atoms with van der Waals surface area (Å²) < 4.78 is 41.9. The van der Waals surface area contributed by atoms with Gasteiger partial charge in [0.1, 0.15) is 0 Å². The molecule has 1 unspecified atom stereocenters. The number of hydrogen-bond donors (Lipinski definition) is 1. The van der Waals surface area contributed by atoms with Crippen LogP contribution in [-0.4, -0.2) is 51.5 Å². The molecule has 0 aromatic carbocycles. The number of thiophene rings is 1. The topological polar surface area (TPSA) is 65.6 Å². The van der Waals surface area contributed by atoms with Crippen LogP contribution in [0.5, 0.6) is 0 Å². The number of rotatable bonds is 5.